The lowest BCUT2D eigenvalue weighted by Gasteiger charge is -2.40. The Hall–Kier alpha value is -4.16. The van der Waals surface area contributed by atoms with Crippen LogP contribution in [0.15, 0.2) is 64.9 Å². The number of sulfone groups is 1. The molecule has 4 heterocycles. The van der Waals surface area contributed by atoms with Crippen LogP contribution in [0.25, 0.3) is 28.0 Å². The molecule has 6 rings (SSSR count). The maximum Gasteiger partial charge on any atom is 0.355 e. The Kier molecular flexibility index (Phi) is 7.75. The summed E-state index contributed by atoms with van der Waals surface area (Å²) in [5, 5.41) is -0.0847. The molecule has 44 heavy (non-hydrogen) atoms. The van der Waals surface area contributed by atoms with Crippen LogP contribution < -0.4 is 10.6 Å². The molecule has 0 N–H and O–H groups in total. The van der Waals surface area contributed by atoms with E-state index in [0.717, 1.165) is 11.0 Å². The number of piperazine rings is 1. The van der Waals surface area contributed by atoms with Gasteiger partial charge in [0.1, 0.15) is 11.6 Å². The van der Waals surface area contributed by atoms with Gasteiger partial charge in [-0.3, -0.25) is 9.78 Å². The number of aromatic nitrogens is 4. The number of pyridine rings is 2. The van der Waals surface area contributed by atoms with E-state index < -0.39 is 26.6 Å². The summed E-state index contributed by atoms with van der Waals surface area (Å²) in [5.74, 6) is -0.484. The molecule has 4 aromatic rings. The molecule has 2 fully saturated rings. The van der Waals surface area contributed by atoms with Crippen molar-refractivity contribution < 1.29 is 17.6 Å². The Morgan fingerprint density at radius 2 is 1.91 bits per heavy atom. The molecule has 0 unspecified atom stereocenters. The van der Waals surface area contributed by atoms with Crippen LogP contribution >= 0.6 is 11.6 Å². The minimum Gasteiger partial charge on any atom is -0.350 e. The van der Waals surface area contributed by atoms with Crippen molar-refractivity contribution in [3.63, 3.8) is 0 Å². The van der Waals surface area contributed by atoms with Gasteiger partial charge in [-0.05, 0) is 57.0 Å². The number of carbonyl (C=O) groups excluding carboxylic acids is 1. The van der Waals surface area contributed by atoms with Gasteiger partial charge in [0.15, 0.2) is 15.5 Å². The summed E-state index contributed by atoms with van der Waals surface area (Å²) in [6, 6.07) is 8.71. The number of anilines is 1. The number of amides is 1. The van der Waals surface area contributed by atoms with E-state index in [-0.39, 0.29) is 56.0 Å². The number of hydrogen-bond acceptors (Lipinski definition) is 8. The molecule has 1 aromatic carbocycles. The van der Waals surface area contributed by atoms with Crippen LogP contribution in [0.5, 0.6) is 0 Å². The second kappa shape index (κ2) is 11.4. The first-order valence-electron chi connectivity index (χ1n) is 14.3. The van der Waals surface area contributed by atoms with Gasteiger partial charge in [-0.15, -0.1) is 0 Å². The van der Waals surface area contributed by atoms with Crippen LogP contribution in [0, 0.1) is 12.7 Å². The summed E-state index contributed by atoms with van der Waals surface area (Å²) >= 11 is 6.75. The summed E-state index contributed by atoms with van der Waals surface area (Å²) in [5.41, 5.74) is -0.177. The van der Waals surface area contributed by atoms with Gasteiger partial charge in [-0.2, -0.15) is 4.98 Å². The van der Waals surface area contributed by atoms with Gasteiger partial charge in [0.05, 0.1) is 37.6 Å². The van der Waals surface area contributed by atoms with Crippen molar-refractivity contribution in [3.05, 3.63) is 82.3 Å². The lowest BCUT2D eigenvalue weighted by molar-refractivity contribution is -0.126. The van der Waals surface area contributed by atoms with Gasteiger partial charge in [0.2, 0.25) is 5.91 Å². The molecule has 2 aliphatic rings. The minimum absolute atomic E-state index is 0.0400. The quantitative estimate of drug-likeness (QED) is 0.284. The van der Waals surface area contributed by atoms with Crippen molar-refractivity contribution in [2.45, 2.75) is 49.3 Å². The fraction of sp³-hybridized carbons (Fsp3) is 0.323. The van der Waals surface area contributed by atoms with E-state index in [1.165, 1.54) is 30.5 Å². The molecular weight excluding hydrogens is 607 g/mol. The third-order valence-electron chi connectivity index (χ3n) is 8.41. The second-order valence-electron chi connectivity index (χ2n) is 11.1. The highest BCUT2D eigenvalue weighted by atomic mass is 35.5. The van der Waals surface area contributed by atoms with Crippen molar-refractivity contribution in [2.75, 3.05) is 24.5 Å². The van der Waals surface area contributed by atoms with Crippen LogP contribution in [-0.4, -0.2) is 69.7 Å². The topological polar surface area (TPSA) is 118 Å². The number of fused-ring (bicyclic) bond motifs is 1. The largest absolute Gasteiger partial charge is 0.355 e. The zero-order valence-electron chi connectivity index (χ0n) is 24.2. The molecule has 1 saturated heterocycles. The number of carbonyl (C=O) groups is 1. The summed E-state index contributed by atoms with van der Waals surface area (Å²) in [6.07, 6.45) is 4.52. The van der Waals surface area contributed by atoms with Crippen LogP contribution in [0.3, 0.4) is 0 Å². The van der Waals surface area contributed by atoms with E-state index in [0.29, 0.717) is 37.9 Å². The molecule has 1 aliphatic heterocycles. The maximum atomic E-state index is 15.0. The fourth-order valence-corrected chi connectivity index (χ4v) is 8.19. The van der Waals surface area contributed by atoms with Crippen LogP contribution in [0.2, 0.25) is 5.02 Å². The SMILES string of the molecule is C=CC(=O)N1CCN(c2nc(=O)n(-c3c(S(=O)(=O)C4CCC4)ccnc3C)c3nc(-c4ccccc4F)c(Cl)cc23)[C@@H](C)C1. The maximum absolute atomic E-state index is 15.0. The van der Waals surface area contributed by atoms with Crippen molar-refractivity contribution in [1.82, 2.24) is 24.4 Å². The van der Waals surface area contributed by atoms with Gasteiger partial charge in [-0.1, -0.05) is 36.7 Å². The zero-order chi connectivity index (χ0) is 31.3. The second-order valence-corrected chi connectivity index (χ2v) is 13.7. The van der Waals surface area contributed by atoms with E-state index in [1.54, 1.807) is 30.0 Å². The average Bonchev–Trinajstić information content (AvgIpc) is 2.96. The van der Waals surface area contributed by atoms with Crippen molar-refractivity contribution in [2.24, 2.45) is 0 Å². The Bertz CT molecular complexity index is 2000. The predicted molar refractivity (Wildman–Crippen MR) is 166 cm³/mol. The lowest BCUT2D eigenvalue weighted by atomic mass is 10.00. The summed E-state index contributed by atoms with van der Waals surface area (Å²) in [4.78, 5) is 43.4. The van der Waals surface area contributed by atoms with Crippen LogP contribution in [0.4, 0.5) is 10.2 Å². The van der Waals surface area contributed by atoms with Gasteiger partial charge in [-0.25, -0.2) is 27.2 Å². The number of benzene rings is 1. The number of hydrogen-bond donors (Lipinski definition) is 0. The highest BCUT2D eigenvalue weighted by molar-refractivity contribution is 7.92. The number of halogens is 2. The molecule has 228 valence electrons. The summed E-state index contributed by atoms with van der Waals surface area (Å²) < 4.78 is 43.7. The Morgan fingerprint density at radius 1 is 1.16 bits per heavy atom. The highest BCUT2D eigenvalue weighted by Crippen LogP contribution is 2.38. The Morgan fingerprint density at radius 3 is 2.57 bits per heavy atom. The van der Waals surface area contributed by atoms with Gasteiger partial charge >= 0.3 is 5.69 Å². The summed E-state index contributed by atoms with van der Waals surface area (Å²) in [6.45, 7) is 8.16. The van der Waals surface area contributed by atoms with E-state index in [9.17, 15) is 18.0 Å². The lowest BCUT2D eigenvalue weighted by Crippen LogP contribution is -2.54. The van der Waals surface area contributed by atoms with E-state index in [1.807, 2.05) is 11.8 Å². The molecular formula is C31H30ClFN6O4S. The Labute approximate surface area is 258 Å². The normalized spacial score (nSPS) is 17.5. The molecule has 1 aliphatic carbocycles. The zero-order valence-corrected chi connectivity index (χ0v) is 25.8. The molecule has 1 atom stereocenters. The molecule has 10 nitrogen and oxygen atoms in total. The number of rotatable bonds is 6. The first-order valence-corrected chi connectivity index (χ1v) is 16.2. The summed E-state index contributed by atoms with van der Waals surface area (Å²) in [7, 11) is -3.82. The van der Waals surface area contributed by atoms with Crippen molar-refractivity contribution >= 4 is 44.2 Å². The van der Waals surface area contributed by atoms with E-state index >= 15 is 4.39 Å². The monoisotopic (exact) mass is 636 g/mol. The average molecular weight is 637 g/mol. The molecule has 0 bridgehead atoms. The predicted octanol–water partition coefficient (Wildman–Crippen LogP) is 4.49. The standard InChI is InChI=1S/C31H30ClFN6O4S/c1-4-26(40)37-14-15-38(18(2)17-37)29-22-16-23(32)27(21-10-5-6-11-24(21)33)35-30(22)39(31(41)36-29)28-19(3)34-13-12-25(28)44(42,43)20-8-7-9-20/h4-6,10-13,16,18,20H,1,7-9,14-15,17H2,2-3H3/t18-/m0/s1. The molecule has 3 aromatic heterocycles. The molecule has 1 saturated carbocycles. The van der Waals surface area contributed by atoms with Crippen molar-refractivity contribution in [3.8, 4) is 16.9 Å². The minimum atomic E-state index is -3.82. The number of nitrogens with zero attached hydrogens (tertiary/aromatic N) is 6. The number of aryl methyl sites for hydroxylation is 1. The molecule has 0 spiro atoms. The Balaban J connectivity index is 1.64. The molecule has 13 heteroatoms. The van der Waals surface area contributed by atoms with Crippen LogP contribution in [0.1, 0.15) is 31.9 Å². The third kappa shape index (κ3) is 4.95. The first kappa shape index (κ1) is 29.9. The highest BCUT2D eigenvalue weighted by Gasteiger charge is 2.36. The third-order valence-corrected chi connectivity index (χ3v) is 11.0. The van der Waals surface area contributed by atoms with Gasteiger partial charge in [0.25, 0.3) is 0 Å². The molecule has 0 radical (unpaired) electrons. The fourth-order valence-electron chi connectivity index (χ4n) is 5.87. The van der Waals surface area contributed by atoms with E-state index in [2.05, 4.69) is 16.5 Å². The first-order chi connectivity index (χ1) is 21.0. The molecule has 1 amide bonds. The van der Waals surface area contributed by atoms with Crippen LogP contribution in [-0.2, 0) is 14.6 Å². The van der Waals surface area contributed by atoms with E-state index in [4.69, 9.17) is 16.6 Å². The van der Waals surface area contributed by atoms with Gasteiger partial charge in [0, 0.05) is 37.4 Å². The smallest absolute Gasteiger partial charge is 0.350 e. The van der Waals surface area contributed by atoms with Gasteiger partial charge < -0.3 is 9.80 Å². The van der Waals surface area contributed by atoms with Crippen molar-refractivity contribution in [1.29, 1.82) is 0 Å².